The highest BCUT2D eigenvalue weighted by Gasteiger charge is 2.34. The van der Waals surface area contributed by atoms with E-state index in [1.807, 2.05) is 0 Å². The predicted molar refractivity (Wildman–Crippen MR) is 75.6 cm³/mol. The van der Waals surface area contributed by atoms with E-state index in [4.69, 9.17) is 22.6 Å². The lowest BCUT2D eigenvalue weighted by Gasteiger charge is -2.19. The highest BCUT2D eigenvalue weighted by Crippen LogP contribution is 2.42. The first-order chi connectivity index (χ1) is 10.00. The SMILES string of the molecule is [B][C@H]1C[C@@H](N=[N+]=[N-])[C@@H](COP(=O)(O)Nc2ccncc2)O1. The number of aromatic nitrogens is 1. The van der Waals surface area contributed by atoms with Crippen LogP contribution in [0.15, 0.2) is 29.6 Å². The van der Waals surface area contributed by atoms with E-state index in [0.29, 0.717) is 12.1 Å². The fourth-order valence-electron chi connectivity index (χ4n) is 1.90. The number of anilines is 1. The first-order valence-corrected chi connectivity index (χ1v) is 7.69. The minimum Gasteiger partial charge on any atom is -0.382 e. The molecule has 0 spiro atoms. The normalized spacial score (nSPS) is 27.6. The van der Waals surface area contributed by atoms with Crippen LogP contribution in [0, 0.1) is 0 Å². The summed E-state index contributed by atoms with van der Waals surface area (Å²) in [6, 6.07) is 1.94. The summed E-state index contributed by atoms with van der Waals surface area (Å²) in [7, 11) is 1.53. The van der Waals surface area contributed by atoms with E-state index in [-0.39, 0.29) is 6.61 Å². The fourth-order valence-corrected chi connectivity index (χ4v) is 2.78. The molecule has 0 aliphatic carbocycles. The Morgan fingerprint density at radius 1 is 1.67 bits per heavy atom. The maximum atomic E-state index is 11.9. The van der Waals surface area contributed by atoms with Crippen LogP contribution in [-0.4, -0.2) is 42.5 Å². The Morgan fingerprint density at radius 2 is 2.38 bits per heavy atom. The Hall–Kier alpha value is -1.57. The Morgan fingerprint density at radius 3 is 3.05 bits per heavy atom. The second-order valence-corrected chi connectivity index (χ2v) is 5.91. The fraction of sp³-hybridized carbons (Fsp3) is 0.500. The van der Waals surface area contributed by atoms with Gasteiger partial charge in [-0.05, 0) is 24.1 Å². The van der Waals surface area contributed by atoms with Crippen LogP contribution >= 0.6 is 7.75 Å². The van der Waals surface area contributed by atoms with Gasteiger partial charge in [0.25, 0.3) is 0 Å². The monoisotopic (exact) mass is 309 g/mol. The average molecular weight is 309 g/mol. The van der Waals surface area contributed by atoms with Crippen molar-refractivity contribution >= 4 is 21.3 Å². The molecular formula is C10H13BN5O4P. The van der Waals surface area contributed by atoms with E-state index in [2.05, 4.69) is 20.1 Å². The predicted octanol–water partition coefficient (Wildman–Crippen LogP) is 1.57. The zero-order valence-corrected chi connectivity index (χ0v) is 11.8. The minimum atomic E-state index is -4.07. The third-order valence-corrected chi connectivity index (χ3v) is 3.86. The van der Waals surface area contributed by atoms with E-state index in [1.54, 1.807) is 0 Å². The molecule has 0 aromatic carbocycles. The quantitative estimate of drug-likeness (QED) is 0.270. The lowest BCUT2D eigenvalue weighted by molar-refractivity contribution is 0.0427. The number of pyridine rings is 1. The van der Waals surface area contributed by atoms with Crippen molar-refractivity contribution < 1.29 is 18.7 Å². The first kappa shape index (κ1) is 15.8. The molecule has 21 heavy (non-hydrogen) atoms. The molecule has 11 heteroatoms. The molecule has 1 fully saturated rings. The van der Waals surface area contributed by atoms with Crippen molar-refractivity contribution in [3.05, 3.63) is 35.0 Å². The molecule has 0 bridgehead atoms. The second-order valence-electron chi connectivity index (χ2n) is 4.38. The molecule has 1 aliphatic rings. The summed E-state index contributed by atoms with van der Waals surface area (Å²) in [6.45, 7) is -0.219. The number of ether oxygens (including phenoxy) is 1. The molecule has 0 saturated carbocycles. The zero-order chi connectivity index (χ0) is 15.3. The van der Waals surface area contributed by atoms with Crippen LogP contribution in [0.3, 0.4) is 0 Å². The van der Waals surface area contributed by atoms with Gasteiger partial charge in [-0.15, -0.1) is 0 Å². The van der Waals surface area contributed by atoms with Crippen molar-refractivity contribution in [3.63, 3.8) is 0 Å². The van der Waals surface area contributed by atoms with Gasteiger partial charge in [-0.1, -0.05) is 5.11 Å². The minimum absolute atomic E-state index is 0.219. The Labute approximate surface area is 122 Å². The van der Waals surface area contributed by atoms with Gasteiger partial charge in [-0.25, -0.2) is 4.57 Å². The van der Waals surface area contributed by atoms with Crippen LogP contribution in [-0.2, 0) is 13.8 Å². The van der Waals surface area contributed by atoms with Crippen molar-refractivity contribution in [1.29, 1.82) is 0 Å². The molecule has 2 rings (SSSR count). The van der Waals surface area contributed by atoms with Crippen LogP contribution < -0.4 is 5.09 Å². The standard InChI is InChI=1S/C10H13BN5O4P/c11-10-5-8(14-16-12)9(20-10)6-19-21(17,18)15-7-1-3-13-4-2-7/h1-4,8-10H,5-6H2,(H2,13,15,17,18)/t8-,9-,10-/m1/s1. The third kappa shape index (κ3) is 4.73. The molecule has 2 N–H and O–H groups in total. The maximum absolute atomic E-state index is 11.9. The average Bonchev–Trinajstić information content (AvgIpc) is 2.78. The van der Waals surface area contributed by atoms with Crippen LogP contribution in [0.2, 0.25) is 0 Å². The van der Waals surface area contributed by atoms with E-state index in [9.17, 15) is 9.46 Å². The summed E-state index contributed by atoms with van der Waals surface area (Å²) in [5.74, 6) is 0. The third-order valence-electron chi connectivity index (χ3n) is 2.82. The lowest BCUT2D eigenvalue weighted by atomic mass is 9.95. The van der Waals surface area contributed by atoms with Crippen LogP contribution in [0.4, 0.5) is 5.69 Å². The van der Waals surface area contributed by atoms with Gasteiger partial charge >= 0.3 is 7.75 Å². The first-order valence-electron chi connectivity index (χ1n) is 6.11. The molecule has 1 saturated heterocycles. The molecule has 0 amide bonds. The van der Waals surface area contributed by atoms with Crippen LogP contribution in [0.25, 0.3) is 10.4 Å². The summed E-state index contributed by atoms with van der Waals surface area (Å²) in [6.07, 6.45) is 2.62. The van der Waals surface area contributed by atoms with Gasteiger partial charge in [0.05, 0.1) is 18.8 Å². The van der Waals surface area contributed by atoms with Gasteiger partial charge in [0, 0.05) is 29.0 Å². The highest BCUT2D eigenvalue weighted by atomic mass is 31.2. The molecule has 1 aromatic rings. The van der Waals surface area contributed by atoms with E-state index in [1.165, 1.54) is 24.5 Å². The number of nitrogens with zero attached hydrogens (tertiary/aromatic N) is 4. The Bertz CT molecular complexity index is 570. The largest absolute Gasteiger partial charge is 0.430 e. The van der Waals surface area contributed by atoms with Gasteiger partial charge in [0.1, 0.15) is 7.85 Å². The van der Waals surface area contributed by atoms with Crippen molar-refractivity contribution in [2.24, 2.45) is 5.11 Å². The van der Waals surface area contributed by atoms with Gasteiger partial charge in [-0.2, -0.15) is 0 Å². The molecule has 4 atom stereocenters. The molecule has 2 heterocycles. The molecule has 1 unspecified atom stereocenters. The Kier molecular flexibility index (Phi) is 5.22. The topological polar surface area (TPSA) is 129 Å². The highest BCUT2D eigenvalue weighted by molar-refractivity contribution is 7.54. The van der Waals surface area contributed by atoms with Crippen molar-refractivity contribution in [3.8, 4) is 0 Å². The maximum Gasteiger partial charge on any atom is 0.430 e. The second kappa shape index (κ2) is 6.93. The summed E-state index contributed by atoms with van der Waals surface area (Å²) >= 11 is 0. The van der Waals surface area contributed by atoms with Gasteiger partial charge in [-0.3, -0.25) is 14.6 Å². The molecule has 1 aliphatic heterocycles. The number of hydrogen-bond donors (Lipinski definition) is 2. The van der Waals surface area contributed by atoms with E-state index < -0.39 is 25.9 Å². The molecular weight excluding hydrogens is 296 g/mol. The van der Waals surface area contributed by atoms with Crippen LogP contribution in [0.1, 0.15) is 6.42 Å². The molecule has 110 valence electrons. The summed E-state index contributed by atoms with van der Waals surface area (Å²) in [5.41, 5.74) is 8.85. The van der Waals surface area contributed by atoms with Gasteiger partial charge in [0.2, 0.25) is 0 Å². The number of azide groups is 1. The molecule has 1 aromatic heterocycles. The summed E-state index contributed by atoms with van der Waals surface area (Å²) < 4.78 is 22.1. The van der Waals surface area contributed by atoms with E-state index >= 15 is 0 Å². The summed E-state index contributed by atoms with van der Waals surface area (Å²) in [5, 5.41) is 5.89. The Balaban J connectivity index is 1.92. The van der Waals surface area contributed by atoms with Gasteiger partial charge < -0.3 is 9.63 Å². The van der Waals surface area contributed by atoms with E-state index in [0.717, 1.165) is 0 Å². The van der Waals surface area contributed by atoms with Crippen molar-refractivity contribution in [1.82, 2.24) is 4.98 Å². The smallest absolute Gasteiger partial charge is 0.382 e. The number of rotatable bonds is 6. The summed E-state index contributed by atoms with van der Waals surface area (Å²) in [4.78, 5) is 16.2. The van der Waals surface area contributed by atoms with Crippen molar-refractivity contribution in [2.75, 3.05) is 11.7 Å². The zero-order valence-electron chi connectivity index (χ0n) is 10.9. The van der Waals surface area contributed by atoms with Crippen molar-refractivity contribution in [2.45, 2.75) is 24.6 Å². The van der Waals surface area contributed by atoms with Crippen LogP contribution in [0.5, 0.6) is 0 Å². The molecule has 9 nitrogen and oxygen atoms in total. The van der Waals surface area contributed by atoms with Gasteiger partial charge in [0.15, 0.2) is 0 Å². The lowest BCUT2D eigenvalue weighted by Crippen LogP contribution is -2.25. The number of nitrogens with one attached hydrogen (secondary N) is 1. The molecule has 2 radical (unpaired) electrons. The number of hydrogen-bond acceptors (Lipinski definition) is 5.